The first-order valence-electron chi connectivity index (χ1n) is 12.1. The maximum Gasteiger partial charge on any atom is 0.270 e. The van der Waals surface area contributed by atoms with Gasteiger partial charge in [0.2, 0.25) is 0 Å². The molecular formula is C31H22ClN3O2S. The van der Waals surface area contributed by atoms with Crippen molar-refractivity contribution in [3.05, 3.63) is 118 Å². The number of hydrogen-bond donors (Lipinski definition) is 1. The summed E-state index contributed by atoms with van der Waals surface area (Å²) in [4.78, 5) is 27.8. The number of anilines is 1. The number of fused-ring (bicyclic) bond motifs is 2. The second kappa shape index (κ2) is 9.56. The van der Waals surface area contributed by atoms with Gasteiger partial charge in [0.25, 0.3) is 11.8 Å². The van der Waals surface area contributed by atoms with Gasteiger partial charge in [-0.15, -0.1) is 0 Å². The molecule has 2 heterocycles. The molecule has 0 aliphatic carbocycles. The molecule has 38 heavy (non-hydrogen) atoms. The van der Waals surface area contributed by atoms with Crippen LogP contribution in [0, 0.1) is 6.92 Å². The summed E-state index contributed by atoms with van der Waals surface area (Å²) in [6, 6.07) is 27.9. The molecule has 7 heteroatoms. The van der Waals surface area contributed by atoms with Gasteiger partial charge in [0.1, 0.15) is 5.57 Å². The van der Waals surface area contributed by atoms with Gasteiger partial charge in [-0.1, -0.05) is 72.3 Å². The third-order valence-corrected chi connectivity index (χ3v) is 7.49. The van der Waals surface area contributed by atoms with Crippen LogP contribution in [0.1, 0.15) is 16.7 Å². The highest BCUT2D eigenvalue weighted by molar-refractivity contribution is 7.80. The number of carbonyl (C=O) groups excluding carboxylic acids is 2. The number of nitrogens with one attached hydrogen (secondary N) is 1. The summed E-state index contributed by atoms with van der Waals surface area (Å²) in [6.07, 6.45) is 3.62. The fourth-order valence-corrected chi connectivity index (χ4v) is 5.28. The van der Waals surface area contributed by atoms with Crippen LogP contribution in [-0.2, 0) is 16.1 Å². The van der Waals surface area contributed by atoms with Gasteiger partial charge in [-0.25, -0.2) is 0 Å². The first kappa shape index (κ1) is 24.1. The average molecular weight is 536 g/mol. The molecule has 5 aromatic rings. The molecule has 0 unspecified atom stereocenters. The van der Waals surface area contributed by atoms with Crippen LogP contribution < -0.4 is 10.2 Å². The number of amides is 2. The van der Waals surface area contributed by atoms with E-state index in [-0.39, 0.29) is 10.7 Å². The summed E-state index contributed by atoms with van der Waals surface area (Å²) >= 11 is 11.6. The molecule has 186 valence electrons. The van der Waals surface area contributed by atoms with Crippen molar-refractivity contribution in [2.45, 2.75) is 13.5 Å². The van der Waals surface area contributed by atoms with E-state index < -0.39 is 11.8 Å². The van der Waals surface area contributed by atoms with Crippen molar-refractivity contribution in [3.63, 3.8) is 0 Å². The normalized spacial score (nSPS) is 15.1. The minimum Gasteiger partial charge on any atom is -0.342 e. The summed E-state index contributed by atoms with van der Waals surface area (Å²) in [6.45, 7) is 2.52. The fourth-order valence-electron chi connectivity index (χ4n) is 4.82. The molecule has 1 N–H and O–H groups in total. The van der Waals surface area contributed by atoms with Gasteiger partial charge in [-0.05, 0) is 71.4 Å². The molecule has 5 nitrogen and oxygen atoms in total. The van der Waals surface area contributed by atoms with E-state index in [1.165, 1.54) is 15.7 Å². The predicted octanol–water partition coefficient (Wildman–Crippen LogP) is 6.64. The number of aromatic nitrogens is 1. The second-order valence-corrected chi connectivity index (χ2v) is 10.1. The second-order valence-electron chi connectivity index (χ2n) is 9.30. The van der Waals surface area contributed by atoms with Crippen molar-refractivity contribution in [2.24, 2.45) is 0 Å². The Hall–Kier alpha value is -4.26. The Labute approximate surface area is 229 Å². The van der Waals surface area contributed by atoms with Crippen LogP contribution in [0.15, 0.2) is 96.7 Å². The van der Waals surface area contributed by atoms with Gasteiger partial charge < -0.3 is 4.57 Å². The number of aryl methyl sites for hydroxylation is 1. The number of benzene rings is 4. The number of nitrogens with zero attached hydrogens (tertiary/aromatic N) is 2. The molecule has 1 fully saturated rings. The Morgan fingerprint density at radius 3 is 2.50 bits per heavy atom. The lowest BCUT2D eigenvalue weighted by molar-refractivity contribution is -0.122. The molecule has 4 aromatic carbocycles. The summed E-state index contributed by atoms with van der Waals surface area (Å²) in [5, 5.41) is 6.51. The molecule has 0 radical (unpaired) electrons. The van der Waals surface area contributed by atoms with Gasteiger partial charge >= 0.3 is 0 Å². The standard InChI is InChI=1S/C31H22ClN3O2S/c1-19-10-13-24(16-27(19)32)35-30(37)26(29(36)33-31(35)38)15-23-18-34(28-9-5-4-8-25(23)28)17-20-11-12-21-6-2-3-7-22(21)14-20/h2-16,18H,17H2,1H3,(H,33,36,38)/b26-15+. The molecule has 1 aliphatic heterocycles. The summed E-state index contributed by atoms with van der Waals surface area (Å²) in [7, 11) is 0. The lowest BCUT2D eigenvalue weighted by Gasteiger charge is -2.29. The van der Waals surface area contributed by atoms with E-state index in [0.717, 1.165) is 27.6 Å². The maximum atomic E-state index is 13.6. The van der Waals surface area contributed by atoms with Crippen LogP contribution in [0.2, 0.25) is 5.02 Å². The van der Waals surface area contributed by atoms with Crippen molar-refractivity contribution >= 4 is 74.2 Å². The Bertz CT molecular complexity index is 1820. The fraction of sp³-hybridized carbons (Fsp3) is 0.0645. The van der Waals surface area contributed by atoms with Gasteiger partial charge in [0, 0.05) is 34.2 Å². The lowest BCUT2D eigenvalue weighted by Crippen LogP contribution is -2.54. The van der Waals surface area contributed by atoms with Crippen molar-refractivity contribution in [3.8, 4) is 0 Å². The largest absolute Gasteiger partial charge is 0.342 e. The number of thiocarbonyl (C=S) groups is 1. The average Bonchev–Trinajstić information content (AvgIpc) is 3.25. The molecule has 0 spiro atoms. The molecule has 6 rings (SSSR count). The van der Waals surface area contributed by atoms with E-state index in [0.29, 0.717) is 17.3 Å². The highest BCUT2D eigenvalue weighted by atomic mass is 35.5. The lowest BCUT2D eigenvalue weighted by atomic mass is 10.1. The SMILES string of the molecule is Cc1ccc(N2C(=O)/C(=C/c3cn(Cc4ccc5ccccc5c4)c4ccccc34)C(=O)NC2=S)cc1Cl. The van der Waals surface area contributed by atoms with Crippen LogP contribution in [0.4, 0.5) is 5.69 Å². The third kappa shape index (κ3) is 4.28. The van der Waals surface area contributed by atoms with Crippen molar-refractivity contribution < 1.29 is 9.59 Å². The molecule has 1 saturated heterocycles. The summed E-state index contributed by atoms with van der Waals surface area (Å²) < 4.78 is 2.14. The third-order valence-electron chi connectivity index (χ3n) is 6.80. The quantitative estimate of drug-likeness (QED) is 0.159. The van der Waals surface area contributed by atoms with Gasteiger partial charge in [0.05, 0.1) is 5.69 Å². The monoisotopic (exact) mass is 535 g/mol. The molecule has 0 atom stereocenters. The topological polar surface area (TPSA) is 54.3 Å². The maximum absolute atomic E-state index is 13.6. The Morgan fingerprint density at radius 1 is 0.921 bits per heavy atom. The number of carbonyl (C=O) groups is 2. The first-order chi connectivity index (χ1) is 18.4. The summed E-state index contributed by atoms with van der Waals surface area (Å²) in [5.41, 5.74) is 4.32. The molecule has 1 aromatic heterocycles. The highest BCUT2D eigenvalue weighted by Gasteiger charge is 2.35. The van der Waals surface area contributed by atoms with E-state index in [4.69, 9.17) is 23.8 Å². The molecule has 1 aliphatic rings. The minimum absolute atomic E-state index is 0.00362. The number of rotatable bonds is 4. The zero-order chi connectivity index (χ0) is 26.4. The Morgan fingerprint density at radius 2 is 1.68 bits per heavy atom. The van der Waals surface area contributed by atoms with Crippen LogP contribution in [-0.4, -0.2) is 21.5 Å². The van der Waals surface area contributed by atoms with E-state index in [9.17, 15) is 9.59 Å². The van der Waals surface area contributed by atoms with Crippen molar-refractivity contribution in [1.82, 2.24) is 9.88 Å². The van der Waals surface area contributed by atoms with Crippen LogP contribution in [0.3, 0.4) is 0 Å². The number of hydrogen-bond acceptors (Lipinski definition) is 3. The first-order valence-corrected chi connectivity index (χ1v) is 12.9. The Balaban J connectivity index is 1.40. The van der Waals surface area contributed by atoms with Crippen LogP contribution >= 0.6 is 23.8 Å². The minimum atomic E-state index is -0.527. The van der Waals surface area contributed by atoms with E-state index in [1.54, 1.807) is 18.2 Å². The van der Waals surface area contributed by atoms with E-state index in [1.807, 2.05) is 55.6 Å². The summed E-state index contributed by atoms with van der Waals surface area (Å²) in [5.74, 6) is -1.02. The van der Waals surface area contributed by atoms with Gasteiger partial charge in [-0.3, -0.25) is 19.8 Å². The molecule has 0 saturated carbocycles. The van der Waals surface area contributed by atoms with Gasteiger partial charge in [-0.2, -0.15) is 0 Å². The van der Waals surface area contributed by atoms with Crippen LogP contribution in [0.5, 0.6) is 0 Å². The number of para-hydroxylation sites is 1. The van der Waals surface area contributed by atoms with E-state index in [2.05, 4.69) is 40.2 Å². The number of halogens is 1. The zero-order valence-corrected chi connectivity index (χ0v) is 22.0. The molecule has 2 amide bonds. The Kier molecular flexibility index (Phi) is 6.06. The predicted molar refractivity (Wildman–Crippen MR) is 157 cm³/mol. The van der Waals surface area contributed by atoms with Crippen LogP contribution in [0.25, 0.3) is 27.8 Å². The molecule has 0 bridgehead atoms. The highest BCUT2D eigenvalue weighted by Crippen LogP contribution is 2.29. The van der Waals surface area contributed by atoms with Crippen molar-refractivity contribution in [2.75, 3.05) is 4.90 Å². The smallest absolute Gasteiger partial charge is 0.270 e. The zero-order valence-electron chi connectivity index (χ0n) is 20.4. The van der Waals surface area contributed by atoms with E-state index >= 15 is 0 Å². The van der Waals surface area contributed by atoms with Crippen molar-refractivity contribution in [1.29, 1.82) is 0 Å². The molecular weight excluding hydrogens is 514 g/mol. The van der Waals surface area contributed by atoms with Gasteiger partial charge in [0.15, 0.2) is 5.11 Å².